The number of hydrogen-bond acceptors (Lipinski definition) is 0. The summed E-state index contributed by atoms with van der Waals surface area (Å²) in [4.78, 5) is 0. The molecule has 66 valence electrons. The lowest BCUT2D eigenvalue weighted by Gasteiger charge is -2.05. The van der Waals surface area contributed by atoms with E-state index in [2.05, 4.69) is 30.2 Å². The molecule has 0 heterocycles. The fourth-order valence-corrected chi connectivity index (χ4v) is 1.76. The van der Waals surface area contributed by atoms with E-state index in [1.807, 2.05) is 0 Å². The molecule has 1 aromatic rings. The van der Waals surface area contributed by atoms with Gasteiger partial charge >= 0.3 is 0 Å². The van der Waals surface area contributed by atoms with E-state index in [1.165, 1.54) is 24.0 Å². The molecular formula is C13H14. The number of aryl methyl sites for hydroxylation is 1. The summed E-state index contributed by atoms with van der Waals surface area (Å²) in [6.45, 7) is 0. The lowest BCUT2D eigenvalue weighted by Crippen LogP contribution is -1.91. The van der Waals surface area contributed by atoms with Crippen molar-refractivity contribution in [1.82, 2.24) is 0 Å². The summed E-state index contributed by atoms with van der Waals surface area (Å²) >= 11 is 0. The Hall–Kier alpha value is -1.22. The molecule has 0 nitrogen and oxygen atoms in total. The molecule has 0 spiro atoms. The first-order valence-corrected chi connectivity index (χ1v) is 4.93. The van der Waals surface area contributed by atoms with Crippen LogP contribution in [0.3, 0.4) is 0 Å². The minimum atomic E-state index is 0.842. The van der Waals surface area contributed by atoms with E-state index < -0.39 is 0 Å². The monoisotopic (exact) mass is 170 g/mol. The van der Waals surface area contributed by atoms with Gasteiger partial charge < -0.3 is 0 Å². The van der Waals surface area contributed by atoms with Gasteiger partial charge in [-0.3, -0.25) is 0 Å². The molecule has 0 saturated heterocycles. The number of benzene rings is 1. The van der Waals surface area contributed by atoms with Crippen LogP contribution in [0.1, 0.15) is 36.3 Å². The molecule has 1 aromatic carbocycles. The third kappa shape index (κ3) is 1.92. The number of hydrogen-bond donors (Lipinski definition) is 0. The van der Waals surface area contributed by atoms with Crippen LogP contribution in [0.15, 0.2) is 24.3 Å². The Morgan fingerprint density at radius 2 is 2.08 bits per heavy atom. The quantitative estimate of drug-likeness (QED) is 0.611. The molecule has 1 aliphatic rings. The van der Waals surface area contributed by atoms with Crippen LogP contribution in [0.25, 0.3) is 0 Å². The third-order valence-corrected chi connectivity index (χ3v) is 2.61. The largest absolute Gasteiger partial charge is 0.120 e. The van der Waals surface area contributed by atoms with Gasteiger partial charge in [-0.2, -0.15) is 0 Å². The highest BCUT2D eigenvalue weighted by Gasteiger charge is 2.25. The van der Waals surface area contributed by atoms with Crippen molar-refractivity contribution in [2.75, 3.05) is 0 Å². The fraction of sp³-hybridized carbons (Fsp3) is 0.385. The van der Waals surface area contributed by atoms with E-state index in [4.69, 9.17) is 6.42 Å². The third-order valence-electron chi connectivity index (χ3n) is 2.61. The summed E-state index contributed by atoms with van der Waals surface area (Å²) in [5, 5.41) is 0. The average Bonchev–Trinajstić information content (AvgIpc) is 2.98. The maximum absolute atomic E-state index is 5.27. The molecule has 13 heavy (non-hydrogen) atoms. The summed E-state index contributed by atoms with van der Waals surface area (Å²) in [7, 11) is 0. The van der Waals surface area contributed by atoms with Gasteiger partial charge in [0.25, 0.3) is 0 Å². The van der Waals surface area contributed by atoms with Crippen molar-refractivity contribution in [3.63, 3.8) is 0 Å². The van der Waals surface area contributed by atoms with Gasteiger partial charge in [0.2, 0.25) is 0 Å². The van der Waals surface area contributed by atoms with Gasteiger partial charge in [0, 0.05) is 6.42 Å². The summed E-state index contributed by atoms with van der Waals surface area (Å²) in [6, 6.07) is 8.71. The summed E-state index contributed by atoms with van der Waals surface area (Å²) in [6.07, 6.45) is 9.91. The predicted molar refractivity (Wildman–Crippen MR) is 55.6 cm³/mol. The highest BCUT2D eigenvalue weighted by Crippen LogP contribution is 2.41. The van der Waals surface area contributed by atoms with E-state index in [1.54, 1.807) is 0 Å². The number of rotatable bonds is 3. The molecule has 0 aromatic heterocycles. The zero-order chi connectivity index (χ0) is 9.10. The Labute approximate surface area is 80.0 Å². The lowest BCUT2D eigenvalue weighted by atomic mass is 10.00. The first kappa shape index (κ1) is 8.38. The van der Waals surface area contributed by atoms with Crippen molar-refractivity contribution in [2.24, 2.45) is 0 Å². The van der Waals surface area contributed by atoms with Gasteiger partial charge in [-0.05, 0) is 36.3 Å². The molecule has 1 aliphatic carbocycles. The molecule has 0 atom stereocenters. The SMILES string of the molecule is C#CCCc1ccccc1C1CC1. The summed E-state index contributed by atoms with van der Waals surface area (Å²) in [5.74, 6) is 3.54. The molecule has 2 rings (SSSR count). The van der Waals surface area contributed by atoms with Crippen molar-refractivity contribution in [2.45, 2.75) is 31.6 Å². The molecule has 1 fully saturated rings. The van der Waals surface area contributed by atoms with E-state index in [0.29, 0.717) is 0 Å². The second kappa shape index (κ2) is 3.66. The van der Waals surface area contributed by atoms with Crippen molar-refractivity contribution < 1.29 is 0 Å². The van der Waals surface area contributed by atoms with Crippen LogP contribution in [-0.4, -0.2) is 0 Å². The molecule has 1 saturated carbocycles. The molecule has 0 bridgehead atoms. The standard InChI is InChI=1S/C13H14/c1-2-3-6-11-7-4-5-8-13(11)12-9-10-12/h1,4-5,7-8,12H,3,6,9-10H2. The van der Waals surface area contributed by atoms with Gasteiger partial charge in [0.1, 0.15) is 0 Å². The molecule has 0 aliphatic heterocycles. The highest BCUT2D eigenvalue weighted by atomic mass is 14.3. The maximum atomic E-state index is 5.27. The van der Waals surface area contributed by atoms with E-state index in [0.717, 1.165) is 18.8 Å². The summed E-state index contributed by atoms with van der Waals surface area (Å²) in [5.41, 5.74) is 3.00. The highest BCUT2D eigenvalue weighted by molar-refractivity contribution is 5.33. The summed E-state index contributed by atoms with van der Waals surface area (Å²) < 4.78 is 0. The van der Waals surface area contributed by atoms with Crippen molar-refractivity contribution in [1.29, 1.82) is 0 Å². The van der Waals surface area contributed by atoms with Crippen LogP contribution >= 0.6 is 0 Å². The Morgan fingerprint density at radius 1 is 1.31 bits per heavy atom. The second-order valence-electron chi connectivity index (χ2n) is 3.68. The van der Waals surface area contributed by atoms with Crippen molar-refractivity contribution in [3.05, 3.63) is 35.4 Å². The predicted octanol–water partition coefficient (Wildman–Crippen LogP) is 3.13. The molecule has 0 N–H and O–H groups in total. The molecule has 0 heteroatoms. The first-order valence-electron chi connectivity index (χ1n) is 4.93. The Kier molecular flexibility index (Phi) is 2.36. The topological polar surface area (TPSA) is 0 Å². The van der Waals surface area contributed by atoms with Gasteiger partial charge in [-0.15, -0.1) is 12.3 Å². The minimum Gasteiger partial charge on any atom is -0.120 e. The number of terminal acetylenes is 1. The van der Waals surface area contributed by atoms with Crippen LogP contribution in [0.2, 0.25) is 0 Å². The lowest BCUT2D eigenvalue weighted by molar-refractivity contribution is 0.974. The smallest absolute Gasteiger partial charge is 0.0127 e. The molecule has 0 amide bonds. The van der Waals surface area contributed by atoms with Crippen molar-refractivity contribution in [3.8, 4) is 12.3 Å². The Balaban J connectivity index is 2.17. The average molecular weight is 170 g/mol. The molecule has 0 unspecified atom stereocenters. The van der Waals surface area contributed by atoms with E-state index in [-0.39, 0.29) is 0 Å². The van der Waals surface area contributed by atoms with Gasteiger partial charge in [-0.25, -0.2) is 0 Å². The maximum Gasteiger partial charge on any atom is 0.0127 e. The van der Waals surface area contributed by atoms with Crippen LogP contribution < -0.4 is 0 Å². The minimum absolute atomic E-state index is 0.842. The Morgan fingerprint density at radius 3 is 2.77 bits per heavy atom. The van der Waals surface area contributed by atoms with Crippen LogP contribution in [-0.2, 0) is 6.42 Å². The van der Waals surface area contributed by atoms with E-state index >= 15 is 0 Å². The first-order chi connectivity index (χ1) is 6.42. The Bertz CT molecular complexity index is 326. The van der Waals surface area contributed by atoms with E-state index in [9.17, 15) is 0 Å². The molecular weight excluding hydrogens is 156 g/mol. The zero-order valence-corrected chi connectivity index (χ0v) is 7.79. The van der Waals surface area contributed by atoms with Crippen molar-refractivity contribution >= 4 is 0 Å². The van der Waals surface area contributed by atoms with Crippen LogP contribution in [0.4, 0.5) is 0 Å². The van der Waals surface area contributed by atoms with Gasteiger partial charge in [0.15, 0.2) is 0 Å². The zero-order valence-electron chi connectivity index (χ0n) is 7.79. The van der Waals surface area contributed by atoms with Gasteiger partial charge in [-0.1, -0.05) is 24.3 Å². The van der Waals surface area contributed by atoms with Gasteiger partial charge in [0.05, 0.1) is 0 Å². The van der Waals surface area contributed by atoms with Crippen LogP contribution in [0.5, 0.6) is 0 Å². The second-order valence-corrected chi connectivity index (χ2v) is 3.68. The molecule has 0 radical (unpaired) electrons. The van der Waals surface area contributed by atoms with Crippen LogP contribution in [0, 0.1) is 12.3 Å². The fourth-order valence-electron chi connectivity index (χ4n) is 1.76. The normalized spacial score (nSPS) is 15.3.